The Labute approximate surface area is 159 Å². The molecule has 0 unspecified atom stereocenters. The molecule has 0 bridgehead atoms. The van der Waals surface area contributed by atoms with Crippen LogP contribution in [-0.2, 0) is 0 Å². The normalized spacial score (nSPS) is 10.7. The van der Waals surface area contributed by atoms with Crippen LogP contribution in [0.5, 0.6) is 0 Å². The predicted octanol–water partition coefficient (Wildman–Crippen LogP) is -12.1. The summed E-state index contributed by atoms with van der Waals surface area (Å²) in [6.07, 6.45) is 13.0. The predicted molar refractivity (Wildman–Crippen MR) is 57.4 cm³/mol. The van der Waals surface area contributed by atoms with Crippen molar-refractivity contribution in [3.05, 3.63) is 37.0 Å². The van der Waals surface area contributed by atoms with E-state index in [4.69, 9.17) is 0 Å². The molecule has 0 N–H and O–H groups in total. The minimum atomic E-state index is 0. The third-order valence-corrected chi connectivity index (χ3v) is 1.88. The molecule has 106 valence electrons. The molecule has 1 fully saturated rings. The molecule has 0 aliphatic heterocycles. The van der Waals surface area contributed by atoms with Crippen LogP contribution in [-0.4, -0.2) is 29.4 Å². The van der Waals surface area contributed by atoms with E-state index >= 15 is 0 Å². The summed E-state index contributed by atoms with van der Waals surface area (Å²) in [7, 11) is 0. The minimum Gasteiger partial charge on any atom is -1.00 e. The van der Waals surface area contributed by atoms with Crippen molar-refractivity contribution in [3.8, 4) is 0 Å². The first kappa shape index (κ1) is 36.6. The number of hydrogen-bond acceptors (Lipinski definition) is 1. The molecule has 0 spiro atoms. The third-order valence-electron chi connectivity index (χ3n) is 1.88. The van der Waals surface area contributed by atoms with Crippen molar-refractivity contribution in [3.63, 3.8) is 0 Å². The first-order valence-electron chi connectivity index (χ1n) is 4.67. The van der Waals surface area contributed by atoms with Gasteiger partial charge in [0.25, 0.3) is 0 Å². The molecule has 2 rings (SSSR count). The number of halogens is 5. The van der Waals surface area contributed by atoms with Crippen LogP contribution in [0, 0.1) is 6.42 Å². The smallest absolute Gasteiger partial charge is 1.00 e. The van der Waals surface area contributed by atoms with Gasteiger partial charge in [-0.1, -0.05) is 25.3 Å². The molecule has 0 radical (unpaired) electrons. The van der Waals surface area contributed by atoms with E-state index in [1.807, 2.05) is 18.2 Å². The van der Waals surface area contributed by atoms with Crippen LogP contribution < -0.4 is 62.0 Å². The summed E-state index contributed by atoms with van der Waals surface area (Å²) in [5.41, 5.74) is 0. The molecule has 1 heterocycles. The molecule has 0 atom stereocenters. The van der Waals surface area contributed by atoms with Gasteiger partial charge in [-0.15, -0.1) is 0 Å². The van der Waals surface area contributed by atoms with Gasteiger partial charge in [-0.25, -0.2) is 0 Å². The summed E-state index contributed by atoms with van der Waals surface area (Å²) in [6, 6.07) is 5.72. The van der Waals surface area contributed by atoms with Crippen molar-refractivity contribution in [1.29, 1.82) is 0 Å². The van der Waals surface area contributed by atoms with E-state index in [1.165, 1.54) is 32.1 Å². The van der Waals surface area contributed by atoms with Gasteiger partial charge in [0.15, 0.2) is 0 Å². The van der Waals surface area contributed by atoms with E-state index in [2.05, 4.69) is 11.4 Å². The summed E-state index contributed by atoms with van der Waals surface area (Å²) in [6.45, 7) is 0. The van der Waals surface area contributed by atoms with Gasteiger partial charge in [0.1, 0.15) is 0 Å². The van der Waals surface area contributed by atoms with Crippen LogP contribution in [0.1, 0.15) is 32.1 Å². The van der Waals surface area contributed by atoms with Crippen molar-refractivity contribution < 1.29 is 62.0 Å². The molecule has 18 heavy (non-hydrogen) atoms. The number of aromatic nitrogens is 1. The Hall–Kier alpha value is 1.42. The van der Waals surface area contributed by atoms with Crippen LogP contribution in [0.2, 0.25) is 0 Å². The summed E-state index contributed by atoms with van der Waals surface area (Å²) in [5.74, 6) is 0. The molecule has 1 aromatic heterocycles. The molecule has 1 aromatic rings. The Morgan fingerprint density at radius 3 is 1.22 bits per heavy atom. The van der Waals surface area contributed by atoms with Crippen molar-refractivity contribution >= 4 is 24.4 Å². The zero-order valence-corrected chi connectivity index (χ0v) is 16.1. The number of pyridine rings is 1. The van der Waals surface area contributed by atoms with Gasteiger partial charge in [-0.2, -0.15) is 12.8 Å². The van der Waals surface area contributed by atoms with Crippen molar-refractivity contribution in [2.24, 2.45) is 0 Å². The fourth-order valence-electron chi connectivity index (χ4n) is 1.21. The number of nitrogens with zero attached hydrogens (tertiary/aromatic N) is 1. The first-order valence-corrected chi connectivity index (χ1v) is 4.67. The van der Waals surface area contributed by atoms with E-state index in [0.29, 0.717) is 0 Å². The Morgan fingerprint density at radius 2 is 1.11 bits per heavy atom. The third kappa shape index (κ3) is 26.1. The number of hydrogen-bond donors (Lipinski definition) is 0. The second kappa shape index (κ2) is 31.0. The Kier molecular flexibility index (Phi) is 63.1. The van der Waals surface area contributed by atoms with Gasteiger partial charge < -0.3 is 68.5 Å². The quantitative estimate of drug-likeness (QED) is 0.277. The van der Waals surface area contributed by atoms with E-state index in [-0.39, 0.29) is 86.5 Å². The fraction of sp³-hybridized carbons (Fsp3) is 0.455. The maximum atomic E-state index is 3.78. The zero-order chi connectivity index (χ0) is 8.49. The molecule has 0 amide bonds. The summed E-state index contributed by atoms with van der Waals surface area (Å²) in [4.78, 5) is 3.78. The molecular weight excluding hydrogens is 445 g/mol. The summed E-state index contributed by atoms with van der Waals surface area (Å²) >= 11 is 0. The van der Waals surface area contributed by atoms with E-state index in [0.717, 1.165) is 0 Å². The average molecular weight is 461 g/mol. The van der Waals surface area contributed by atoms with Gasteiger partial charge in [0, 0.05) is 12.4 Å². The maximum Gasteiger partial charge on any atom is 5.00 e. The van der Waals surface area contributed by atoms with Crippen LogP contribution >= 0.6 is 0 Å². The van der Waals surface area contributed by atoms with Crippen LogP contribution in [0.3, 0.4) is 0 Å². The Balaban J connectivity index is -0.0000000300. The SMILES string of the molecule is [CH-]1CCCCC1.[Cl-].[Cl-].[Cl-].[Cl-].[Cl-].[Sb+5].c1ccncc1. The van der Waals surface area contributed by atoms with Gasteiger partial charge in [-0.3, -0.25) is 4.98 Å². The number of rotatable bonds is 0. The monoisotopic (exact) mass is 458 g/mol. The van der Waals surface area contributed by atoms with Gasteiger partial charge in [0.2, 0.25) is 0 Å². The second-order valence-electron chi connectivity index (χ2n) is 2.95. The summed E-state index contributed by atoms with van der Waals surface area (Å²) in [5, 5.41) is 0. The fourth-order valence-corrected chi connectivity index (χ4v) is 1.21. The minimum absolute atomic E-state index is 0. The molecule has 1 saturated carbocycles. The van der Waals surface area contributed by atoms with Gasteiger partial charge in [0.05, 0.1) is 0 Å². The molecule has 7 heteroatoms. The molecular formula is C11H16Cl5NSb-. The van der Waals surface area contributed by atoms with Crippen LogP contribution in [0.15, 0.2) is 30.6 Å². The van der Waals surface area contributed by atoms with Crippen LogP contribution in [0.4, 0.5) is 0 Å². The maximum absolute atomic E-state index is 3.78. The van der Waals surface area contributed by atoms with Crippen molar-refractivity contribution in [2.75, 3.05) is 0 Å². The molecule has 0 saturated heterocycles. The first-order chi connectivity index (χ1) is 6.00. The van der Waals surface area contributed by atoms with Crippen molar-refractivity contribution in [1.82, 2.24) is 4.98 Å². The van der Waals surface area contributed by atoms with Crippen molar-refractivity contribution in [2.45, 2.75) is 32.1 Å². The molecule has 1 aliphatic rings. The second-order valence-corrected chi connectivity index (χ2v) is 2.95. The van der Waals surface area contributed by atoms with E-state index in [9.17, 15) is 0 Å². The van der Waals surface area contributed by atoms with Gasteiger partial charge in [-0.05, 0) is 12.1 Å². The molecule has 0 aromatic carbocycles. The van der Waals surface area contributed by atoms with Crippen LogP contribution in [0.25, 0.3) is 0 Å². The standard InChI is InChI=1S/C6H11.C5H5N.5ClH.Sb/c2*1-2-4-6-5-3-1;;;;;;/h1H,2-6H2;1-5H;5*1H;/q-1;;;;;;;+5/p-5. The topological polar surface area (TPSA) is 12.9 Å². The molecule has 1 aliphatic carbocycles. The summed E-state index contributed by atoms with van der Waals surface area (Å²) < 4.78 is 0. The average Bonchev–Trinajstić information content (AvgIpc) is 2.24. The Morgan fingerprint density at radius 1 is 0.667 bits per heavy atom. The van der Waals surface area contributed by atoms with Gasteiger partial charge >= 0.3 is 24.4 Å². The zero-order valence-electron chi connectivity index (χ0n) is 9.78. The largest absolute Gasteiger partial charge is 5.00 e. The molecule has 1 nitrogen and oxygen atoms in total. The van der Waals surface area contributed by atoms with E-state index < -0.39 is 0 Å². The van der Waals surface area contributed by atoms with E-state index in [1.54, 1.807) is 12.4 Å². The Bertz CT molecular complexity index is 150.